The molecule has 2 N–H and O–H groups in total. The molecule has 5 heteroatoms. The molecule has 0 spiro atoms. The lowest BCUT2D eigenvalue weighted by atomic mass is 10.7. The summed E-state index contributed by atoms with van der Waals surface area (Å²) in [5.41, 5.74) is 0. The molecule has 0 rings (SSSR count). The van der Waals surface area contributed by atoms with Crippen molar-refractivity contribution in [2.75, 3.05) is 0 Å². The third-order valence-corrected chi connectivity index (χ3v) is 0. The molecule has 0 aliphatic heterocycles. The van der Waals surface area contributed by atoms with Crippen molar-refractivity contribution >= 4 is 16.2 Å². The van der Waals surface area contributed by atoms with Gasteiger partial charge >= 0.3 is 16.2 Å². The van der Waals surface area contributed by atoms with E-state index in [9.17, 15) is 0 Å². The van der Waals surface area contributed by atoms with E-state index in [1.165, 1.54) is 0 Å². The van der Waals surface area contributed by atoms with Gasteiger partial charge in [0.1, 0.15) is 0 Å². The van der Waals surface area contributed by atoms with Crippen LogP contribution in [0.1, 0.15) is 0 Å². The summed E-state index contributed by atoms with van der Waals surface area (Å²) in [7, 11) is 6.00. The molecule has 0 aromatic heterocycles. The lowest BCUT2D eigenvalue weighted by Gasteiger charge is -1.06. The van der Waals surface area contributed by atoms with Crippen LogP contribution < -0.4 is 0 Å². The van der Waals surface area contributed by atoms with Gasteiger partial charge in [0.25, 0.3) is 0 Å². The lowest BCUT2D eigenvalue weighted by Crippen LogP contribution is -1.06. The SMILES string of the molecule is O.[B]F.[B]F. The highest BCUT2D eigenvalue weighted by molar-refractivity contribution is 5.96. The van der Waals surface area contributed by atoms with E-state index in [1.807, 2.05) is 0 Å². The summed E-state index contributed by atoms with van der Waals surface area (Å²) in [4.78, 5) is 0. The van der Waals surface area contributed by atoms with Crippen LogP contribution in [0.5, 0.6) is 0 Å². The van der Waals surface area contributed by atoms with Gasteiger partial charge in [0, 0.05) is 0 Å². The molecular formula is H2B2F2O. The molecule has 0 saturated carbocycles. The number of rotatable bonds is 0. The smallest absolute Gasteiger partial charge is 0.350 e. The molecule has 1 nitrogen and oxygen atoms in total. The van der Waals surface area contributed by atoms with Crippen molar-refractivity contribution in [3.8, 4) is 0 Å². The van der Waals surface area contributed by atoms with Gasteiger partial charge in [-0.05, 0) is 0 Å². The first-order valence-corrected chi connectivity index (χ1v) is 0.436. The van der Waals surface area contributed by atoms with Crippen LogP contribution in [0.25, 0.3) is 0 Å². The second-order valence-corrected chi connectivity index (χ2v) is 0. The Labute approximate surface area is 31.6 Å². The maximum Gasteiger partial charge on any atom is 0.350 e. The molecule has 0 aliphatic rings. The van der Waals surface area contributed by atoms with E-state index < -0.39 is 0 Å². The van der Waals surface area contributed by atoms with Crippen LogP contribution >= 0.6 is 0 Å². The Morgan fingerprint density at radius 1 is 0.800 bits per heavy atom. The van der Waals surface area contributed by atoms with Crippen LogP contribution in [-0.2, 0) is 0 Å². The first-order valence-electron chi connectivity index (χ1n) is 0.436. The summed E-state index contributed by atoms with van der Waals surface area (Å²) in [6.07, 6.45) is 0. The van der Waals surface area contributed by atoms with Crippen molar-refractivity contribution in [1.29, 1.82) is 0 Å². The van der Waals surface area contributed by atoms with Gasteiger partial charge in [-0.25, -0.2) is 0 Å². The van der Waals surface area contributed by atoms with Gasteiger partial charge in [-0.15, -0.1) is 0 Å². The molecule has 28 valence electrons. The molecule has 0 bridgehead atoms. The Bertz CT molecular complexity index is 7.61. The molecule has 0 heterocycles. The highest BCUT2D eigenvalue weighted by Crippen LogP contribution is 1.10. The van der Waals surface area contributed by atoms with E-state index in [1.54, 1.807) is 0 Å². The first kappa shape index (κ1) is 20.3. The van der Waals surface area contributed by atoms with Crippen molar-refractivity contribution in [2.24, 2.45) is 0 Å². The minimum absolute atomic E-state index is 0. The fraction of sp³-hybridized carbons (Fsp3) is 0. The van der Waals surface area contributed by atoms with Crippen LogP contribution in [-0.4, -0.2) is 21.7 Å². The fourth-order valence-corrected chi connectivity index (χ4v) is 0. The molecule has 0 fully saturated rings. The third kappa shape index (κ3) is 5980. The Morgan fingerprint density at radius 2 is 0.800 bits per heavy atom. The van der Waals surface area contributed by atoms with E-state index in [2.05, 4.69) is 16.2 Å². The fourth-order valence-electron chi connectivity index (χ4n) is 0. The van der Waals surface area contributed by atoms with Crippen molar-refractivity contribution < 1.29 is 14.1 Å². The second-order valence-electron chi connectivity index (χ2n) is 0. The van der Waals surface area contributed by atoms with E-state index in [0.717, 1.165) is 0 Å². The standard InChI is InChI=1S/2BF.H2O/c2*1-2;/h;;1H2. The van der Waals surface area contributed by atoms with E-state index >= 15 is 0 Å². The van der Waals surface area contributed by atoms with Crippen molar-refractivity contribution in [3.63, 3.8) is 0 Å². The minimum atomic E-state index is 0. The van der Waals surface area contributed by atoms with Gasteiger partial charge in [0.05, 0.1) is 0 Å². The predicted molar refractivity (Wildman–Crippen MR) is 17.3 cm³/mol. The van der Waals surface area contributed by atoms with Gasteiger partial charge in [-0.2, -0.15) is 0 Å². The quantitative estimate of drug-likeness (QED) is 0.341. The summed E-state index contributed by atoms with van der Waals surface area (Å²) in [6, 6.07) is 0. The molecule has 0 atom stereocenters. The molecule has 0 unspecified atom stereocenters. The third-order valence-electron chi connectivity index (χ3n) is 0. The molecule has 0 aliphatic carbocycles. The summed E-state index contributed by atoms with van der Waals surface area (Å²) in [5, 5.41) is 0. The molecule has 5 heavy (non-hydrogen) atoms. The Morgan fingerprint density at radius 3 is 0.800 bits per heavy atom. The summed E-state index contributed by atoms with van der Waals surface area (Å²) in [5.74, 6) is 0. The molecule has 0 saturated heterocycles. The van der Waals surface area contributed by atoms with Gasteiger partial charge in [-0.1, -0.05) is 0 Å². The number of hydrogen-bond donors (Lipinski definition) is 0. The van der Waals surface area contributed by atoms with Crippen molar-refractivity contribution in [1.82, 2.24) is 0 Å². The first-order chi connectivity index (χ1) is 2.00. The topological polar surface area (TPSA) is 31.5 Å². The number of halogens is 2. The van der Waals surface area contributed by atoms with Crippen LogP contribution in [0.4, 0.5) is 8.63 Å². The van der Waals surface area contributed by atoms with Gasteiger partial charge in [-0.3, -0.25) is 0 Å². The largest absolute Gasteiger partial charge is 0.412 e. The monoisotopic (exact) mass is 78.0 g/mol. The zero-order valence-electron chi connectivity index (χ0n) is 2.41. The van der Waals surface area contributed by atoms with Crippen LogP contribution in [0.3, 0.4) is 0 Å². The second kappa shape index (κ2) is 13700. The van der Waals surface area contributed by atoms with Crippen LogP contribution in [0.2, 0.25) is 0 Å². The summed E-state index contributed by atoms with van der Waals surface area (Å²) < 4.78 is 18.0. The normalized spacial score (nSPS) is 2.00. The Balaban J connectivity index is -0.0000000133. The average molecular weight is 77.6 g/mol. The maximum atomic E-state index is 9.00. The minimum Gasteiger partial charge on any atom is -0.412 e. The zero-order chi connectivity index (χ0) is 4.00. The molecule has 4 radical (unpaired) electrons. The molecule has 0 amide bonds. The highest BCUT2D eigenvalue weighted by atomic mass is 19.1. The summed E-state index contributed by atoms with van der Waals surface area (Å²) in [6.45, 7) is 0. The highest BCUT2D eigenvalue weighted by Gasteiger charge is 1.06. The van der Waals surface area contributed by atoms with Crippen LogP contribution in [0.15, 0.2) is 0 Å². The molecular weight excluding hydrogens is 75.6 g/mol. The average Bonchev–Trinajstić information content (AvgIpc) is 1.50. The zero-order valence-corrected chi connectivity index (χ0v) is 2.41. The van der Waals surface area contributed by atoms with Gasteiger partial charge in [0.15, 0.2) is 0 Å². The Kier molecular flexibility index (Phi) is 55600. The Hall–Kier alpha value is -0.0501. The van der Waals surface area contributed by atoms with E-state index in [0.29, 0.717) is 0 Å². The van der Waals surface area contributed by atoms with Crippen molar-refractivity contribution in [3.05, 3.63) is 0 Å². The molecule has 0 aromatic rings. The van der Waals surface area contributed by atoms with E-state index in [4.69, 9.17) is 8.63 Å². The van der Waals surface area contributed by atoms with Crippen LogP contribution in [0, 0.1) is 0 Å². The van der Waals surface area contributed by atoms with Gasteiger partial charge in [0.2, 0.25) is 0 Å². The summed E-state index contributed by atoms with van der Waals surface area (Å²) >= 11 is 0. The maximum absolute atomic E-state index is 9.00. The number of hydrogen-bond acceptors (Lipinski definition) is 0. The lowest BCUT2D eigenvalue weighted by molar-refractivity contribution is 0.824. The predicted octanol–water partition coefficient (Wildman–Crippen LogP) is -0.746. The van der Waals surface area contributed by atoms with Crippen molar-refractivity contribution in [2.45, 2.75) is 0 Å². The van der Waals surface area contributed by atoms with Gasteiger partial charge < -0.3 is 14.1 Å². The molecule has 0 aromatic carbocycles. The van der Waals surface area contributed by atoms with E-state index in [-0.39, 0.29) is 5.48 Å².